The zero-order valence-corrected chi connectivity index (χ0v) is 18.1. The lowest BCUT2D eigenvalue weighted by Gasteiger charge is -2.35. The summed E-state index contributed by atoms with van der Waals surface area (Å²) in [6.45, 7) is 1.68. The van der Waals surface area contributed by atoms with Crippen LogP contribution in [0, 0.1) is 5.82 Å². The first-order valence-electron chi connectivity index (χ1n) is 10.7. The van der Waals surface area contributed by atoms with E-state index in [2.05, 4.69) is 15.5 Å². The van der Waals surface area contributed by atoms with Gasteiger partial charge in [-0.25, -0.2) is 4.39 Å². The van der Waals surface area contributed by atoms with Crippen molar-refractivity contribution in [3.8, 4) is 0 Å². The summed E-state index contributed by atoms with van der Waals surface area (Å²) in [5, 5.41) is 12.9. The van der Waals surface area contributed by atoms with Gasteiger partial charge in [0, 0.05) is 18.1 Å². The number of hydrogen-bond donors (Lipinski definition) is 0. The Kier molecular flexibility index (Phi) is 5.61. The van der Waals surface area contributed by atoms with E-state index in [1.165, 1.54) is 12.1 Å². The highest BCUT2D eigenvalue weighted by Gasteiger charge is 2.33. The van der Waals surface area contributed by atoms with Crippen molar-refractivity contribution >= 4 is 29.2 Å². The van der Waals surface area contributed by atoms with E-state index in [9.17, 15) is 9.18 Å². The summed E-state index contributed by atoms with van der Waals surface area (Å²) in [4.78, 5) is 16.9. The van der Waals surface area contributed by atoms with E-state index in [-0.39, 0.29) is 24.3 Å². The van der Waals surface area contributed by atoms with Crippen molar-refractivity contribution in [1.82, 2.24) is 25.1 Å². The second-order valence-electron chi connectivity index (χ2n) is 8.01. The number of tetrazole rings is 1. The summed E-state index contributed by atoms with van der Waals surface area (Å²) in [5.41, 5.74) is 2.54. The summed E-state index contributed by atoms with van der Waals surface area (Å²) in [5.74, 6) is 0.202. The first-order valence-corrected chi connectivity index (χ1v) is 11.0. The molecule has 3 aromatic rings. The number of piperidine rings is 1. The average Bonchev–Trinajstić information content (AvgIpc) is 3.31. The molecule has 9 heteroatoms. The Morgan fingerprint density at radius 3 is 2.47 bits per heavy atom. The van der Waals surface area contributed by atoms with E-state index < -0.39 is 0 Å². The Labute approximate surface area is 190 Å². The second kappa shape index (κ2) is 8.70. The zero-order valence-electron chi connectivity index (χ0n) is 17.4. The second-order valence-corrected chi connectivity index (χ2v) is 8.44. The van der Waals surface area contributed by atoms with Gasteiger partial charge in [0.05, 0.1) is 5.70 Å². The van der Waals surface area contributed by atoms with Crippen LogP contribution in [0.2, 0.25) is 5.02 Å². The zero-order chi connectivity index (χ0) is 22.1. The number of allylic oxidation sites excluding steroid dienone is 1. The smallest absolute Gasteiger partial charge is 0.251 e. The predicted molar refractivity (Wildman–Crippen MR) is 120 cm³/mol. The Morgan fingerprint density at radius 2 is 1.75 bits per heavy atom. The van der Waals surface area contributed by atoms with E-state index in [0.29, 0.717) is 11.0 Å². The van der Waals surface area contributed by atoms with Gasteiger partial charge >= 0.3 is 0 Å². The first kappa shape index (κ1) is 20.6. The summed E-state index contributed by atoms with van der Waals surface area (Å²) in [7, 11) is 0. The number of rotatable bonds is 4. The normalized spacial score (nSPS) is 18.3. The molecule has 5 rings (SSSR count). The monoisotopic (exact) mass is 452 g/mol. The van der Waals surface area contributed by atoms with E-state index in [0.717, 1.165) is 49.2 Å². The number of amides is 1. The van der Waals surface area contributed by atoms with Crippen molar-refractivity contribution in [2.45, 2.75) is 25.3 Å². The third-order valence-corrected chi connectivity index (χ3v) is 6.19. The van der Waals surface area contributed by atoms with Gasteiger partial charge in [0.15, 0.2) is 0 Å². The van der Waals surface area contributed by atoms with Gasteiger partial charge < -0.3 is 4.90 Å². The van der Waals surface area contributed by atoms with Gasteiger partial charge in [0.25, 0.3) is 5.95 Å². The molecule has 0 radical (unpaired) electrons. The van der Waals surface area contributed by atoms with Crippen LogP contribution in [0.5, 0.6) is 0 Å². The largest absolute Gasteiger partial charge is 0.341 e. The molecule has 0 N–H and O–H groups in total. The van der Waals surface area contributed by atoms with Gasteiger partial charge in [-0.2, -0.15) is 4.68 Å². The van der Waals surface area contributed by atoms with Crippen LogP contribution in [0.3, 0.4) is 0 Å². The summed E-state index contributed by atoms with van der Waals surface area (Å²) in [6, 6.07) is 13.4. The van der Waals surface area contributed by atoms with Crippen LogP contribution in [0.4, 0.5) is 10.3 Å². The van der Waals surface area contributed by atoms with Crippen LogP contribution in [0.1, 0.15) is 36.4 Å². The summed E-state index contributed by atoms with van der Waals surface area (Å²) < 4.78 is 15.2. The maximum absolute atomic E-state index is 13.5. The lowest BCUT2D eigenvalue weighted by molar-refractivity contribution is -0.130. The van der Waals surface area contributed by atoms with Crippen molar-refractivity contribution in [2.24, 2.45) is 0 Å². The third kappa shape index (κ3) is 3.98. The van der Waals surface area contributed by atoms with E-state index in [1.54, 1.807) is 16.8 Å². The van der Waals surface area contributed by atoms with Crippen molar-refractivity contribution in [1.29, 1.82) is 0 Å². The molecule has 1 atom stereocenters. The van der Waals surface area contributed by atoms with Gasteiger partial charge in [-0.15, -0.1) is 0 Å². The molecule has 2 aromatic carbocycles. The Balaban J connectivity index is 1.56. The minimum absolute atomic E-state index is 0.0411. The van der Waals surface area contributed by atoms with Crippen molar-refractivity contribution in [3.05, 3.63) is 76.6 Å². The Bertz CT molecular complexity index is 1140. The highest BCUT2D eigenvalue weighted by molar-refractivity contribution is 6.30. The minimum atomic E-state index is -0.340. The number of anilines is 1. The van der Waals surface area contributed by atoms with Gasteiger partial charge in [-0.05, 0) is 71.2 Å². The molecule has 1 unspecified atom stereocenters. The van der Waals surface area contributed by atoms with Crippen LogP contribution in [0.15, 0.2) is 54.6 Å². The molecular weight excluding hydrogens is 431 g/mol. The van der Waals surface area contributed by atoms with Gasteiger partial charge in [0.1, 0.15) is 18.4 Å². The molecule has 0 aliphatic carbocycles. The van der Waals surface area contributed by atoms with E-state index >= 15 is 0 Å². The predicted octanol–water partition coefficient (Wildman–Crippen LogP) is 3.93. The lowest BCUT2D eigenvalue weighted by atomic mass is 10.0. The fourth-order valence-electron chi connectivity index (χ4n) is 4.27. The topological polar surface area (TPSA) is 67.2 Å². The summed E-state index contributed by atoms with van der Waals surface area (Å²) >= 11 is 6.11. The molecular formula is C23H22ClFN6O. The fourth-order valence-corrected chi connectivity index (χ4v) is 4.39. The number of likely N-dealkylation sites (tertiary alicyclic amines) is 1. The van der Waals surface area contributed by atoms with Crippen LogP contribution < -0.4 is 4.90 Å². The maximum atomic E-state index is 13.5. The lowest BCUT2D eigenvalue weighted by Crippen LogP contribution is -2.44. The van der Waals surface area contributed by atoms with Crippen molar-refractivity contribution in [2.75, 3.05) is 24.5 Å². The van der Waals surface area contributed by atoms with Crippen LogP contribution in [-0.4, -0.2) is 50.6 Å². The number of carbonyl (C=O) groups is 1. The highest BCUT2D eigenvalue weighted by Crippen LogP contribution is 2.36. The molecule has 2 aliphatic rings. The van der Waals surface area contributed by atoms with Gasteiger partial charge in [0.2, 0.25) is 5.91 Å². The molecule has 1 fully saturated rings. The Hall–Kier alpha value is -3.26. The standard InChI is InChI=1S/C23H22ClFN6O/c24-18-8-4-16(5-9-18)20-14-21(17-6-10-19(25)11-7-17)31-23(26-27-28-31)30(20)15-22(32)29-12-2-1-3-13-29/h4-11,14,21H,1-3,12-13,15H2. The fraction of sp³-hybridized carbons (Fsp3) is 0.304. The quantitative estimate of drug-likeness (QED) is 0.600. The number of hydrogen-bond acceptors (Lipinski definition) is 5. The molecule has 7 nitrogen and oxygen atoms in total. The molecule has 0 spiro atoms. The number of nitrogens with zero attached hydrogens (tertiary/aromatic N) is 6. The maximum Gasteiger partial charge on any atom is 0.251 e. The molecule has 32 heavy (non-hydrogen) atoms. The van der Waals surface area contributed by atoms with E-state index in [4.69, 9.17) is 11.6 Å². The van der Waals surface area contributed by atoms with Gasteiger partial charge in [-0.1, -0.05) is 41.0 Å². The number of fused-ring (bicyclic) bond motifs is 1. The number of benzene rings is 2. The van der Waals surface area contributed by atoms with Crippen LogP contribution in [0.25, 0.3) is 5.70 Å². The molecule has 1 amide bonds. The number of halogens is 2. The Morgan fingerprint density at radius 1 is 1.03 bits per heavy atom. The SMILES string of the molecule is O=C(CN1C(c2ccc(Cl)cc2)=CC(c2ccc(F)cc2)n2nnnc21)N1CCCCC1. The molecule has 1 aromatic heterocycles. The summed E-state index contributed by atoms with van der Waals surface area (Å²) in [6.07, 6.45) is 5.20. The van der Waals surface area contributed by atoms with Crippen molar-refractivity contribution in [3.63, 3.8) is 0 Å². The molecule has 0 saturated carbocycles. The van der Waals surface area contributed by atoms with Crippen LogP contribution >= 0.6 is 11.6 Å². The first-order chi connectivity index (χ1) is 15.6. The minimum Gasteiger partial charge on any atom is -0.341 e. The molecule has 3 heterocycles. The van der Waals surface area contributed by atoms with E-state index in [1.807, 2.05) is 40.1 Å². The molecule has 0 bridgehead atoms. The highest BCUT2D eigenvalue weighted by atomic mass is 35.5. The molecule has 164 valence electrons. The number of carbonyl (C=O) groups excluding carboxylic acids is 1. The van der Waals surface area contributed by atoms with Gasteiger partial charge in [-0.3, -0.25) is 9.69 Å². The van der Waals surface area contributed by atoms with Crippen LogP contribution in [-0.2, 0) is 4.79 Å². The third-order valence-electron chi connectivity index (χ3n) is 5.94. The average molecular weight is 453 g/mol. The number of aromatic nitrogens is 4. The molecule has 1 saturated heterocycles. The molecule has 2 aliphatic heterocycles. The van der Waals surface area contributed by atoms with Crippen molar-refractivity contribution < 1.29 is 9.18 Å².